The number of nitrogens with zero attached hydrogens (tertiary/aromatic N) is 6. The van der Waals surface area contributed by atoms with E-state index in [4.69, 9.17) is 25.2 Å². The van der Waals surface area contributed by atoms with E-state index < -0.39 is 35.9 Å². The molecule has 4 heterocycles. The van der Waals surface area contributed by atoms with Crippen molar-refractivity contribution in [2.24, 2.45) is 7.05 Å². The van der Waals surface area contributed by atoms with E-state index >= 15 is 4.39 Å². The van der Waals surface area contributed by atoms with Crippen molar-refractivity contribution in [3.63, 3.8) is 0 Å². The van der Waals surface area contributed by atoms with Crippen LogP contribution in [0.3, 0.4) is 0 Å². The second kappa shape index (κ2) is 9.74. The minimum absolute atomic E-state index is 0.0249. The Labute approximate surface area is 241 Å². The molecule has 1 aromatic carbocycles. The Morgan fingerprint density at radius 2 is 2.24 bits per heavy atom. The van der Waals surface area contributed by atoms with Gasteiger partial charge in [-0.2, -0.15) is 15.5 Å². The van der Waals surface area contributed by atoms with Crippen molar-refractivity contribution in [3.05, 3.63) is 45.8 Å². The number of likely N-dealkylation sites (N-methyl/N-ethyl adjacent to an activating group) is 1. The number of carbonyl (C=O) groups excluding carboxylic acids is 1. The van der Waals surface area contributed by atoms with Crippen LogP contribution < -0.4 is 25.2 Å². The molecule has 41 heavy (non-hydrogen) atoms. The van der Waals surface area contributed by atoms with Gasteiger partial charge in [0.15, 0.2) is 5.75 Å². The number of hydrogen-bond donors (Lipinski definition) is 2. The summed E-state index contributed by atoms with van der Waals surface area (Å²) < 4.78 is 50.9. The lowest BCUT2D eigenvalue weighted by atomic mass is 9.96. The van der Waals surface area contributed by atoms with Crippen LogP contribution in [0.4, 0.5) is 14.9 Å². The van der Waals surface area contributed by atoms with Gasteiger partial charge in [0.05, 0.1) is 47.0 Å². The van der Waals surface area contributed by atoms with E-state index in [1.54, 1.807) is 12.4 Å². The number of carbonyl (C=O) groups is 1. The third-order valence-electron chi connectivity index (χ3n) is 7.34. The molecule has 2 N–H and O–H groups in total. The Balaban J connectivity index is 1.58. The van der Waals surface area contributed by atoms with E-state index in [2.05, 4.69) is 26.3 Å². The summed E-state index contributed by atoms with van der Waals surface area (Å²) in [6.07, 6.45) is 1.60. The van der Waals surface area contributed by atoms with Crippen LogP contribution in [0.2, 0.25) is 0 Å². The molecule has 0 saturated heterocycles. The smallest absolute Gasteiger partial charge is 0.413 e. The Bertz CT molecular complexity index is 1950. The average molecular weight is 582 g/mol. The maximum atomic E-state index is 16.1. The highest BCUT2D eigenvalue weighted by Gasteiger charge is 2.51. The molecule has 6 rings (SSSR count). The predicted molar refractivity (Wildman–Crippen MR) is 148 cm³/mol. The number of H-pyrrole nitrogens is 1. The van der Waals surface area contributed by atoms with E-state index in [-0.39, 0.29) is 56.2 Å². The molecule has 1 spiro atoms. The molecule has 1 aliphatic heterocycles. The molecule has 1 amide bonds. The first-order valence-electron chi connectivity index (χ1n) is 14.1. The molecular formula is C27H24ClFN8O4. The summed E-state index contributed by atoms with van der Waals surface area (Å²) in [4.78, 5) is 31.6. The Hall–Kier alpha value is -4.70. The lowest BCUT2D eigenvalue weighted by Gasteiger charge is -2.37. The second-order valence-corrected chi connectivity index (χ2v) is 10.0. The number of rotatable bonds is 5. The van der Waals surface area contributed by atoms with Gasteiger partial charge in [-0.25, -0.2) is 19.3 Å². The van der Waals surface area contributed by atoms with Crippen LogP contribution in [0.25, 0.3) is 33.3 Å². The first-order valence-corrected chi connectivity index (χ1v) is 13.1. The Kier molecular flexibility index (Phi) is 5.48. The highest BCUT2D eigenvalue weighted by atomic mass is 35.5. The van der Waals surface area contributed by atoms with Crippen LogP contribution in [0.5, 0.6) is 11.6 Å². The summed E-state index contributed by atoms with van der Waals surface area (Å²) in [6, 6.07) is 4.90. The third-order valence-corrected chi connectivity index (χ3v) is 7.59. The van der Waals surface area contributed by atoms with Gasteiger partial charge in [-0.3, -0.25) is 9.48 Å². The number of fused-ring (bicyclic) bond motifs is 2. The van der Waals surface area contributed by atoms with E-state index in [0.717, 1.165) is 12.8 Å². The summed E-state index contributed by atoms with van der Waals surface area (Å²) in [5, 5.41) is 22.5. The number of amides is 1. The minimum Gasteiger partial charge on any atom is -0.482 e. The molecule has 4 aromatic rings. The highest BCUT2D eigenvalue weighted by Crippen LogP contribution is 2.52. The number of aromatic amines is 1. The van der Waals surface area contributed by atoms with Crippen LogP contribution in [0, 0.1) is 17.1 Å². The summed E-state index contributed by atoms with van der Waals surface area (Å²) in [5.41, 5.74) is -0.250. The molecule has 2 aliphatic rings. The second-order valence-electron chi connectivity index (χ2n) is 9.78. The number of aryl methyl sites for hydroxylation is 1. The molecule has 1 fully saturated rings. The quantitative estimate of drug-likeness (QED) is 0.337. The first-order chi connectivity index (χ1) is 20.9. The molecule has 1 aliphatic carbocycles. The molecule has 0 atom stereocenters. The van der Waals surface area contributed by atoms with Gasteiger partial charge in [0.1, 0.15) is 28.4 Å². The van der Waals surface area contributed by atoms with Gasteiger partial charge in [0, 0.05) is 41.7 Å². The number of aromatic nitrogens is 5. The van der Waals surface area contributed by atoms with Gasteiger partial charge in [0.25, 0.3) is 5.56 Å². The van der Waals surface area contributed by atoms with Crippen LogP contribution in [0.1, 0.15) is 35.1 Å². The van der Waals surface area contributed by atoms with Crippen LogP contribution >= 0.6 is 11.6 Å². The van der Waals surface area contributed by atoms with Crippen molar-refractivity contribution in [2.75, 3.05) is 25.0 Å². The fraction of sp³-hybridized carbons (Fsp3) is 0.333. The van der Waals surface area contributed by atoms with E-state index in [1.807, 2.05) is 11.8 Å². The van der Waals surface area contributed by atoms with Crippen LogP contribution in [-0.4, -0.2) is 56.7 Å². The number of hydrogen-bond acceptors (Lipinski definition) is 9. The molecule has 1 saturated carbocycles. The van der Waals surface area contributed by atoms with E-state index in [1.165, 1.54) is 23.0 Å². The van der Waals surface area contributed by atoms with E-state index in [9.17, 15) is 14.9 Å². The van der Waals surface area contributed by atoms with Crippen molar-refractivity contribution in [3.8, 4) is 40.2 Å². The average Bonchev–Trinajstić information content (AvgIpc) is 3.60. The summed E-state index contributed by atoms with van der Waals surface area (Å²) in [5.74, 6) is -1.14. The normalized spacial score (nSPS) is 16.3. The summed E-state index contributed by atoms with van der Waals surface area (Å²) in [7, 11) is 1.55. The molecule has 14 heteroatoms. The molecule has 3 aromatic heterocycles. The van der Waals surface area contributed by atoms with Crippen molar-refractivity contribution in [1.82, 2.24) is 30.3 Å². The number of benzene rings is 1. The molecule has 0 bridgehead atoms. The topological polar surface area (TPSA) is 151 Å². The lowest BCUT2D eigenvalue weighted by Crippen LogP contribution is -2.42. The monoisotopic (exact) mass is 581 g/mol. The molecule has 210 valence electrons. The van der Waals surface area contributed by atoms with Gasteiger partial charge < -0.3 is 19.7 Å². The van der Waals surface area contributed by atoms with Crippen LogP contribution in [-0.2, 0) is 12.9 Å². The van der Waals surface area contributed by atoms with Gasteiger partial charge in [-0.15, -0.1) is 11.6 Å². The molecule has 12 nitrogen and oxygen atoms in total. The largest absolute Gasteiger partial charge is 0.482 e. The number of nitrogens with one attached hydrogen (secondary N) is 2. The van der Waals surface area contributed by atoms with Gasteiger partial charge in [0.2, 0.25) is 5.88 Å². The Morgan fingerprint density at radius 1 is 1.44 bits per heavy atom. The zero-order chi connectivity index (χ0) is 31.6. The minimum atomic E-state index is -2.89. The zero-order valence-corrected chi connectivity index (χ0v) is 22.6. The van der Waals surface area contributed by atoms with Crippen molar-refractivity contribution >= 4 is 34.2 Å². The Morgan fingerprint density at radius 3 is 2.93 bits per heavy atom. The van der Waals surface area contributed by atoms with Gasteiger partial charge >= 0.3 is 6.09 Å². The fourth-order valence-corrected chi connectivity index (χ4v) is 5.41. The predicted octanol–water partition coefficient (Wildman–Crippen LogP) is 3.60. The summed E-state index contributed by atoms with van der Waals surface area (Å²) in [6.45, 7) is 0.239. The molecule has 0 unspecified atom stereocenters. The number of ether oxygens (including phenoxy) is 2. The summed E-state index contributed by atoms with van der Waals surface area (Å²) >= 11 is 6.09. The maximum Gasteiger partial charge on any atom is 0.413 e. The SMILES string of the molecule is [2H]C([2H])([2H])NC(=O)Oc1nc(-c2cnn(C)c2-c2c(F)cc3c(c2C#N)OC2(CC2)CN3CC)cc2c(CCl)n[nH]c(=O)c12. The standard InChI is InChI=1S/C27H24ClFN8O4/c1-4-37-12-27(5-6-27)41-23-14(10-30)20(16(29)8-19(23)37)22-15(11-32-36(22)3)17-7-13-18(9-28)34-35-24(38)21(13)25(33-17)40-26(39)31-2/h7-8,11H,4-6,9,12H2,1-3H3,(H,31,39)(H,35,38)/i2D3. The highest BCUT2D eigenvalue weighted by molar-refractivity contribution is 6.18. The van der Waals surface area contributed by atoms with Crippen molar-refractivity contribution in [2.45, 2.75) is 31.2 Å². The molecule has 0 radical (unpaired) electrons. The van der Waals surface area contributed by atoms with Crippen LogP contribution in [0.15, 0.2) is 23.1 Å². The molecular weight excluding hydrogens is 555 g/mol. The van der Waals surface area contributed by atoms with Crippen molar-refractivity contribution in [1.29, 1.82) is 5.26 Å². The first kappa shape index (κ1) is 23.0. The lowest BCUT2D eigenvalue weighted by molar-refractivity contribution is 0.171. The number of pyridine rings is 1. The zero-order valence-electron chi connectivity index (χ0n) is 24.8. The van der Waals surface area contributed by atoms with Gasteiger partial charge in [-0.1, -0.05) is 0 Å². The number of halogens is 2. The van der Waals surface area contributed by atoms with Gasteiger partial charge in [-0.05, 0) is 25.8 Å². The maximum absolute atomic E-state index is 16.1. The third kappa shape index (κ3) is 4.22. The number of anilines is 1. The fourth-order valence-electron chi connectivity index (χ4n) is 5.21. The van der Waals surface area contributed by atoms with Crippen molar-refractivity contribution < 1.29 is 22.8 Å². The van der Waals surface area contributed by atoms with E-state index in [0.29, 0.717) is 18.8 Å². The number of nitriles is 1. The number of alkyl halides is 1.